The Labute approximate surface area is 154 Å². The van der Waals surface area contributed by atoms with Gasteiger partial charge in [-0.2, -0.15) is 0 Å². The molecule has 6 heteroatoms. The van der Waals surface area contributed by atoms with Gasteiger partial charge in [-0.15, -0.1) is 11.3 Å². The summed E-state index contributed by atoms with van der Waals surface area (Å²) in [5.74, 6) is 1.46. The van der Waals surface area contributed by atoms with Crippen molar-refractivity contribution < 1.29 is 4.74 Å². The van der Waals surface area contributed by atoms with Gasteiger partial charge in [0.05, 0.1) is 6.61 Å². The first kappa shape index (κ1) is 19.2. The van der Waals surface area contributed by atoms with E-state index in [9.17, 15) is 0 Å². The third-order valence-electron chi connectivity index (χ3n) is 3.85. The number of ether oxygens (including phenoxy) is 1. The van der Waals surface area contributed by atoms with Crippen LogP contribution in [0.2, 0.25) is 0 Å². The van der Waals surface area contributed by atoms with Gasteiger partial charge in [-0.05, 0) is 23.9 Å². The van der Waals surface area contributed by atoms with Crippen LogP contribution in [0.4, 0.5) is 0 Å². The number of aliphatic imine (C=N–C) groups is 1. The van der Waals surface area contributed by atoms with Crippen LogP contribution in [0.15, 0.2) is 40.8 Å². The van der Waals surface area contributed by atoms with Crippen LogP contribution < -0.4 is 15.4 Å². The highest BCUT2D eigenvalue weighted by Crippen LogP contribution is 2.26. The molecule has 0 spiro atoms. The zero-order chi connectivity index (χ0) is 18.1. The van der Waals surface area contributed by atoms with E-state index in [2.05, 4.69) is 58.9 Å². The van der Waals surface area contributed by atoms with Crippen LogP contribution in [0.3, 0.4) is 0 Å². The summed E-state index contributed by atoms with van der Waals surface area (Å²) >= 11 is 1.78. The fourth-order valence-electron chi connectivity index (χ4n) is 2.34. The summed E-state index contributed by atoms with van der Waals surface area (Å²) in [6.07, 6.45) is 2.72. The molecule has 2 N–H and O–H groups in total. The van der Waals surface area contributed by atoms with E-state index in [1.54, 1.807) is 24.6 Å². The van der Waals surface area contributed by atoms with Gasteiger partial charge in [0.1, 0.15) is 0 Å². The highest BCUT2D eigenvalue weighted by atomic mass is 32.1. The number of nitrogens with one attached hydrogen (secondary N) is 2. The Bertz CT molecular complexity index is 668. The zero-order valence-corrected chi connectivity index (χ0v) is 16.3. The molecule has 0 bridgehead atoms. The fourth-order valence-corrected chi connectivity index (χ4v) is 3.19. The molecule has 0 aliphatic carbocycles. The van der Waals surface area contributed by atoms with Gasteiger partial charge in [0.2, 0.25) is 5.88 Å². The van der Waals surface area contributed by atoms with E-state index in [4.69, 9.17) is 4.74 Å². The minimum Gasteiger partial charge on any atom is -0.477 e. The number of nitrogens with zero attached hydrogens (tertiary/aromatic N) is 2. The van der Waals surface area contributed by atoms with Crippen LogP contribution in [0.5, 0.6) is 5.88 Å². The Morgan fingerprint density at radius 3 is 2.80 bits per heavy atom. The molecule has 0 fully saturated rings. The number of guanidine groups is 1. The van der Waals surface area contributed by atoms with Gasteiger partial charge < -0.3 is 15.4 Å². The molecule has 0 saturated heterocycles. The third-order valence-corrected chi connectivity index (χ3v) is 5.08. The Morgan fingerprint density at radius 1 is 1.28 bits per heavy atom. The van der Waals surface area contributed by atoms with E-state index in [1.807, 2.05) is 12.1 Å². The first-order valence-corrected chi connectivity index (χ1v) is 9.50. The monoisotopic (exact) mass is 360 g/mol. The normalized spacial score (nSPS) is 12.1. The van der Waals surface area contributed by atoms with Gasteiger partial charge in [0.25, 0.3) is 0 Å². The summed E-state index contributed by atoms with van der Waals surface area (Å²) in [6, 6.07) is 8.21. The first-order chi connectivity index (χ1) is 12.1. The second kappa shape index (κ2) is 9.42. The second-order valence-electron chi connectivity index (χ2n) is 6.46. The molecule has 0 unspecified atom stereocenters. The van der Waals surface area contributed by atoms with Gasteiger partial charge in [-0.1, -0.05) is 32.9 Å². The molecule has 2 heterocycles. The summed E-state index contributed by atoms with van der Waals surface area (Å²) in [6.45, 7) is 8.65. The average Bonchev–Trinajstić information content (AvgIpc) is 3.16. The molecule has 0 atom stereocenters. The molecule has 136 valence electrons. The van der Waals surface area contributed by atoms with Crippen LogP contribution in [0.1, 0.15) is 37.6 Å². The van der Waals surface area contributed by atoms with Gasteiger partial charge in [-0.3, -0.25) is 4.99 Å². The summed E-state index contributed by atoms with van der Waals surface area (Å²) in [7, 11) is 1.78. The second-order valence-corrected chi connectivity index (χ2v) is 7.40. The van der Waals surface area contributed by atoms with Crippen molar-refractivity contribution in [3.63, 3.8) is 0 Å². The number of hydrogen-bond acceptors (Lipinski definition) is 4. The number of hydrogen-bond donors (Lipinski definition) is 2. The maximum Gasteiger partial charge on any atom is 0.218 e. The third kappa shape index (κ3) is 5.74. The van der Waals surface area contributed by atoms with E-state index in [-0.39, 0.29) is 5.41 Å². The first-order valence-electron chi connectivity index (χ1n) is 8.62. The van der Waals surface area contributed by atoms with Crippen LogP contribution in [-0.4, -0.2) is 31.1 Å². The average molecular weight is 361 g/mol. The predicted molar refractivity (Wildman–Crippen MR) is 106 cm³/mol. The van der Waals surface area contributed by atoms with Gasteiger partial charge in [0.15, 0.2) is 5.96 Å². The molecule has 25 heavy (non-hydrogen) atoms. The molecule has 0 radical (unpaired) electrons. The maximum atomic E-state index is 5.71. The van der Waals surface area contributed by atoms with Gasteiger partial charge in [0, 0.05) is 42.2 Å². The van der Waals surface area contributed by atoms with Crippen molar-refractivity contribution in [3.05, 3.63) is 46.3 Å². The molecule has 0 aromatic carbocycles. The largest absolute Gasteiger partial charge is 0.477 e. The molecule has 0 aliphatic heterocycles. The van der Waals surface area contributed by atoms with Crippen molar-refractivity contribution in [2.45, 2.75) is 39.2 Å². The van der Waals surface area contributed by atoms with E-state index < -0.39 is 0 Å². The van der Waals surface area contributed by atoms with Crippen molar-refractivity contribution in [1.82, 2.24) is 15.6 Å². The number of pyridine rings is 1. The minimum atomic E-state index is 0.0511. The highest BCUT2D eigenvalue weighted by molar-refractivity contribution is 7.10. The predicted octanol–water partition coefficient (Wildman–Crippen LogP) is 3.57. The van der Waals surface area contributed by atoms with E-state index >= 15 is 0 Å². The maximum absolute atomic E-state index is 5.71. The number of aromatic nitrogens is 1. The lowest BCUT2D eigenvalue weighted by molar-refractivity contribution is 0.301. The lowest BCUT2D eigenvalue weighted by Gasteiger charge is -2.25. The van der Waals surface area contributed by atoms with Crippen molar-refractivity contribution in [1.29, 1.82) is 0 Å². The molecule has 5 nitrogen and oxygen atoms in total. The fraction of sp³-hybridized carbons (Fsp3) is 0.474. The lowest BCUT2D eigenvalue weighted by atomic mass is 9.91. The molecular formula is C19H28N4OS. The Hall–Kier alpha value is -2.08. The Balaban J connectivity index is 1.91. The molecule has 0 aliphatic rings. The van der Waals surface area contributed by atoms with E-state index in [0.717, 1.165) is 24.5 Å². The van der Waals surface area contributed by atoms with Crippen molar-refractivity contribution in [2.75, 3.05) is 20.2 Å². The smallest absolute Gasteiger partial charge is 0.218 e. The summed E-state index contributed by atoms with van der Waals surface area (Å²) in [5.41, 5.74) is 1.08. The van der Waals surface area contributed by atoms with Crippen molar-refractivity contribution in [2.24, 2.45) is 4.99 Å². The number of rotatable bonds is 8. The number of thiophene rings is 1. The quantitative estimate of drug-likeness (QED) is 0.558. The van der Waals surface area contributed by atoms with Gasteiger partial charge >= 0.3 is 0 Å². The SMILES string of the molecule is CCCOc1ncccc1CNC(=NC)NCC(C)(C)c1cccs1. The van der Waals surface area contributed by atoms with E-state index in [0.29, 0.717) is 19.0 Å². The lowest BCUT2D eigenvalue weighted by Crippen LogP contribution is -2.43. The summed E-state index contributed by atoms with van der Waals surface area (Å²) in [4.78, 5) is 9.99. The minimum absolute atomic E-state index is 0.0511. The highest BCUT2D eigenvalue weighted by Gasteiger charge is 2.21. The Kier molecular flexibility index (Phi) is 7.25. The van der Waals surface area contributed by atoms with Crippen LogP contribution >= 0.6 is 11.3 Å². The van der Waals surface area contributed by atoms with E-state index in [1.165, 1.54) is 4.88 Å². The Morgan fingerprint density at radius 2 is 2.12 bits per heavy atom. The summed E-state index contributed by atoms with van der Waals surface area (Å²) < 4.78 is 5.71. The topological polar surface area (TPSA) is 58.5 Å². The van der Waals surface area contributed by atoms with Crippen LogP contribution in [-0.2, 0) is 12.0 Å². The molecule has 0 amide bonds. The molecule has 2 aromatic rings. The molecule has 2 rings (SSSR count). The molecule has 2 aromatic heterocycles. The van der Waals surface area contributed by atoms with Gasteiger partial charge in [-0.25, -0.2) is 4.98 Å². The zero-order valence-electron chi connectivity index (χ0n) is 15.5. The van der Waals surface area contributed by atoms with Crippen molar-refractivity contribution >= 4 is 17.3 Å². The van der Waals surface area contributed by atoms with Crippen molar-refractivity contribution in [3.8, 4) is 5.88 Å². The van der Waals surface area contributed by atoms with Crippen LogP contribution in [0.25, 0.3) is 0 Å². The summed E-state index contributed by atoms with van der Waals surface area (Å²) in [5, 5.41) is 8.87. The van der Waals surface area contributed by atoms with Crippen LogP contribution in [0, 0.1) is 0 Å². The molecular weight excluding hydrogens is 332 g/mol. The standard InChI is InChI=1S/C19H28N4OS/c1-5-11-24-17-15(8-6-10-21-17)13-22-18(20-4)23-14-19(2,3)16-9-7-12-25-16/h6-10,12H,5,11,13-14H2,1-4H3,(H2,20,22,23). The molecule has 0 saturated carbocycles.